The smallest absolute Gasteiger partial charge is 0.410 e. The van der Waals surface area contributed by atoms with Crippen LogP contribution >= 0.6 is 27.5 Å². The Morgan fingerprint density at radius 3 is 2.33 bits per heavy atom. The van der Waals surface area contributed by atoms with E-state index >= 15 is 0 Å². The number of ketones is 2. The van der Waals surface area contributed by atoms with E-state index in [1.807, 2.05) is 0 Å². The first-order chi connectivity index (χ1) is 11.5. The first kappa shape index (κ1) is 16.4. The highest BCUT2D eigenvalue weighted by molar-refractivity contribution is 9.10. The van der Waals surface area contributed by atoms with Crippen LogP contribution in [-0.4, -0.2) is 17.7 Å². The lowest BCUT2D eigenvalue weighted by Gasteiger charge is -2.17. The highest BCUT2D eigenvalue weighted by atomic mass is 79.9. The number of halogens is 2. The van der Waals surface area contributed by atoms with Gasteiger partial charge in [0.25, 0.3) is 0 Å². The number of carbonyl (C=O) groups is 3. The molecule has 0 radical (unpaired) electrons. The van der Waals surface area contributed by atoms with Crippen LogP contribution in [0, 0.1) is 0 Å². The van der Waals surface area contributed by atoms with E-state index in [9.17, 15) is 14.4 Å². The molecule has 1 aliphatic rings. The molecule has 120 valence electrons. The summed E-state index contributed by atoms with van der Waals surface area (Å²) in [7, 11) is 0. The SMILES string of the molecule is O=C(NC1=C(Cl)C(=O)c2ccccc2C1=O)Oc1cccc(Br)c1. The van der Waals surface area contributed by atoms with Crippen molar-refractivity contribution in [3.05, 3.63) is 74.9 Å². The van der Waals surface area contributed by atoms with E-state index in [2.05, 4.69) is 21.2 Å². The zero-order valence-corrected chi connectivity index (χ0v) is 14.3. The average molecular weight is 407 g/mol. The van der Waals surface area contributed by atoms with Crippen molar-refractivity contribution in [3.63, 3.8) is 0 Å². The third-order valence-corrected chi connectivity index (χ3v) is 4.15. The Hall–Kier alpha value is -2.44. The van der Waals surface area contributed by atoms with E-state index in [1.165, 1.54) is 12.1 Å². The Bertz CT molecular complexity index is 907. The number of fused-ring (bicyclic) bond motifs is 1. The summed E-state index contributed by atoms with van der Waals surface area (Å²) in [4.78, 5) is 36.7. The summed E-state index contributed by atoms with van der Waals surface area (Å²) in [5, 5.41) is 1.92. The van der Waals surface area contributed by atoms with Crippen LogP contribution in [0.15, 0.2) is 63.7 Å². The number of amides is 1. The number of hydrogen-bond donors (Lipinski definition) is 1. The van der Waals surface area contributed by atoms with Gasteiger partial charge in [0, 0.05) is 15.6 Å². The second kappa shape index (κ2) is 6.59. The molecule has 0 aliphatic heterocycles. The lowest BCUT2D eigenvalue weighted by Crippen LogP contribution is -2.34. The fraction of sp³-hybridized carbons (Fsp3) is 0. The van der Waals surface area contributed by atoms with Crippen LogP contribution in [-0.2, 0) is 0 Å². The van der Waals surface area contributed by atoms with Gasteiger partial charge in [-0.05, 0) is 18.2 Å². The van der Waals surface area contributed by atoms with E-state index in [-0.39, 0.29) is 27.6 Å². The normalized spacial score (nSPS) is 13.6. The summed E-state index contributed by atoms with van der Waals surface area (Å²) in [5.74, 6) is -0.792. The molecule has 2 aromatic rings. The molecule has 0 atom stereocenters. The molecule has 0 unspecified atom stereocenters. The zero-order valence-electron chi connectivity index (χ0n) is 12.0. The van der Waals surface area contributed by atoms with Gasteiger partial charge in [0.1, 0.15) is 16.5 Å². The molecular formula is C17H9BrClNO4. The van der Waals surface area contributed by atoms with Gasteiger partial charge in [-0.25, -0.2) is 4.79 Å². The fourth-order valence-electron chi connectivity index (χ4n) is 2.22. The summed E-state index contributed by atoms with van der Waals surface area (Å²) in [6.45, 7) is 0. The molecule has 24 heavy (non-hydrogen) atoms. The predicted octanol–water partition coefficient (Wildman–Crippen LogP) is 4.07. The Morgan fingerprint density at radius 2 is 1.67 bits per heavy atom. The molecule has 0 saturated heterocycles. The number of Topliss-reactive ketones (excluding diaryl/α,β-unsaturated/α-hetero) is 2. The quantitative estimate of drug-likeness (QED) is 0.816. The van der Waals surface area contributed by atoms with Crippen molar-refractivity contribution in [1.29, 1.82) is 0 Å². The topological polar surface area (TPSA) is 72.5 Å². The van der Waals surface area contributed by atoms with Gasteiger partial charge in [0.2, 0.25) is 11.6 Å². The minimum atomic E-state index is -0.915. The fourth-order valence-corrected chi connectivity index (χ4v) is 2.84. The van der Waals surface area contributed by atoms with Gasteiger partial charge in [0.15, 0.2) is 0 Å². The predicted molar refractivity (Wildman–Crippen MR) is 91.3 cm³/mol. The molecule has 0 bridgehead atoms. The van der Waals surface area contributed by atoms with E-state index in [4.69, 9.17) is 16.3 Å². The third-order valence-electron chi connectivity index (χ3n) is 3.30. The lowest BCUT2D eigenvalue weighted by atomic mass is 9.92. The van der Waals surface area contributed by atoms with E-state index in [0.29, 0.717) is 0 Å². The molecule has 0 saturated carbocycles. The maximum Gasteiger partial charge on any atom is 0.417 e. The minimum absolute atomic E-state index is 0.185. The molecule has 0 aromatic heterocycles. The van der Waals surface area contributed by atoms with Gasteiger partial charge < -0.3 is 4.74 Å². The van der Waals surface area contributed by atoms with Crippen LogP contribution in [0.25, 0.3) is 0 Å². The monoisotopic (exact) mass is 405 g/mol. The number of hydrogen-bond acceptors (Lipinski definition) is 4. The molecule has 1 N–H and O–H groups in total. The first-order valence-electron chi connectivity index (χ1n) is 6.80. The molecule has 5 nitrogen and oxygen atoms in total. The largest absolute Gasteiger partial charge is 0.417 e. The molecule has 2 aromatic carbocycles. The van der Waals surface area contributed by atoms with Crippen molar-refractivity contribution in [3.8, 4) is 5.75 Å². The second-order valence-electron chi connectivity index (χ2n) is 4.86. The van der Waals surface area contributed by atoms with Gasteiger partial charge in [-0.1, -0.05) is 57.9 Å². The summed E-state index contributed by atoms with van der Waals surface area (Å²) in [6, 6.07) is 12.9. The van der Waals surface area contributed by atoms with Gasteiger partial charge in [-0.15, -0.1) is 0 Å². The molecule has 0 heterocycles. The third kappa shape index (κ3) is 3.11. The number of rotatable bonds is 2. The van der Waals surface area contributed by atoms with Crippen molar-refractivity contribution < 1.29 is 19.1 Å². The summed E-state index contributed by atoms with van der Waals surface area (Å²) < 4.78 is 5.81. The van der Waals surface area contributed by atoms with Gasteiger partial charge >= 0.3 is 6.09 Å². The molecule has 1 amide bonds. The number of benzene rings is 2. The van der Waals surface area contributed by atoms with Crippen molar-refractivity contribution in [2.24, 2.45) is 0 Å². The number of nitrogens with one attached hydrogen (secondary N) is 1. The van der Waals surface area contributed by atoms with Crippen LogP contribution in [0.5, 0.6) is 5.75 Å². The Morgan fingerprint density at radius 1 is 1.00 bits per heavy atom. The molecule has 3 rings (SSSR count). The van der Waals surface area contributed by atoms with Crippen molar-refractivity contribution in [2.75, 3.05) is 0 Å². The average Bonchev–Trinajstić information content (AvgIpc) is 2.57. The zero-order chi connectivity index (χ0) is 17.3. The molecule has 1 aliphatic carbocycles. The van der Waals surface area contributed by atoms with E-state index in [0.717, 1.165) is 4.47 Å². The maximum atomic E-state index is 12.4. The van der Waals surface area contributed by atoms with Crippen molar-refractivity contribution in [2.45, 2.75) is 0 Å². The van der Waals surface area contributed by atoms with E-state index in [1.54, 1.807) is 36.4 Å². The maximum absolute atomic E-state index is 12.4. The Kier molecular flexibility index (Phi) is 4.51. The number of allylic oxidation sites excluding steroid dienone is 2. The lowest BCUT2D eigenvalue weighted by molar-refractivity contribution is 0.0974. The highest BCUT2D eigenvalue weighted by Crippen LogP contribution is 2.27. The molecule has 0 spiro atoms. The Labute approximate surface area is 150 Å². The molecule has 0 fully saturated rings. The molecule has 7 heteroatoms. The number of carbonyl (C=O) groups excluding carboxylic acids is 3. The standard InChI is InChI=1S/C17H9BrClNO4/c18-9-4-3-5-10(8-9)24-17(23)20-14-13(19)15(21)11-6-1-2-7-12(11)16(14)22/h1-8H,(H,20,23). The van der Waals surface area contributed by atoms with Crippen LogP contribution in [0.3, 0.4) is 0 Å². The van der Waals surface area contributed by atoms with Crippen molar-refractivity contribution >= 4 is 45.2 Å². The highest BCUT2D eigenvalue weighted by Gasteiger charge is 2.32. The first-order valence-corrected chi connectivity index (χ1v) is 7.97. The van der Waals surface area contributed by atoms with Crippen LogP contribution < -0.4 is 10.1 Å². The van der Waals surface area contributed by atoms with Crippen LogP contribution in [0.2, 0.25) is 0 Å². The summed E-state index contributed by atoms with van der Waals surface area (Å²) in [6.07, 6.45) is -0.915. The second-order valence-corrected chi connectivity index (χ2v) is 6.16. The minimum Gasteiger partial charge on any atom is -0.410 e. The van der Waals surface area contributed by atoms with Crippen molar-refractivity contribution in [1.82, 2.24) is 5.32 Å². The van der Waals surface area contributed by atoms with Gasteiger partial charge in [0.05, 0.1) is 0 Å². The van der Waals surface area contributed by atoms with Gasteiger partial charge in [-0.3, -0.25) is 14.9 Å². The van der Waals surface area contributed by atoms with Crippen LogP contribution in [0.4, 0.5) is 4.79 Å². The molecular weight excluding hydrogens is 398 g/mol. The summed E-state index contributed by atoms with van der Waals surface area (Å²) >= 11 is 9.21. The van der Waals surface area contributed by atoms with Crippen LogP contribution in [0.1, 0.15) is 20.7 Å². The Balaban J connectivity index is 1.84. The number of ether oxygens (including phenoxy) is 1. The van der Waals surface area contributed by atoms with Gasteiger partial charge in [-0.2, -0.15) is 0 Å². The van der Waals surface area contributed by atoms with E-state index < -0.39 is 17.7 Å². The summed E-state index contributed by atoms with van der Waals surface area (Å²) in [5.41, 5.74) is 0.100.